The number of hydrogen-bond acceptors (Lipinski definition) is 6. The number of aryl methyl sites for hydroxylation is 1. The number of carboxylic acids is 1. The van der Waals surface area contributed by atoms with Gasteiger partial charge in [-0.05, 0) is 18.6 Å². The third kappa shape index (κ3) is 3.46. The second-order valence-corrected chi connectivity index (χ2v) is 6.86. The molecule has 28 heavy (non-hydrogen) atoms. The van der Waals surface area contributed by atoms with E-state index in [1.807, 2.05) is 0 Å². The molecule has 0 bridgehead atoms. The van der Waals surface area contributed by atoms with Crippen molar-refractivity contribution in [3.05, 3.63) is 46.1 Å². The fraction of sp³-hybridized carbons (Fsp3) is 0.389. The summed E-state index contributed by atoms with van der Waals surface area (Å²) in [5.41, 5.74) is 0.0881. The van der Waals surface area contributed by atoms with E-state index in [4.69, 9.17) is 4.74 Å². The van der Waals surface area contributed by atoms with Crippen LogP contribution in [0.5, 0.6) is 0 Å². The van der Waals surface area contributed by atoms with Gasteiger partial charge in [0, 0.05) is 51.1 Å². The molecule has 1 aliphatic rings. The van der Waals surface area contributed by atoms with E-state index in [2.05, 4.69) is 5.10 Å². The van der Waals surface area contributed by atoms with Crippen molar-refractivity contribution in [2.24, 2.45) is 12.5 Å². The van der Waals surface area contributed by atoms with Crippen LogP contribution >= 0.6 is 0 Å². The highest BCUT2D eigenvalue weighted by atomic mass is 16.6. The van der Waals surface area contributed by atoms with Gasteiger partial charge in [-0.15, -0.1) is 0 Å². The molecule has 1 amide bonds. The lowest BCUT2D eigenvalue weighted by molar-refractivity contribution is -0.384. The van der Waals surface area contributed by atoms with Gasteiger partial charge in [0.05, 0.1) is 17.1 Å². The van der Waals surface area contributed by atoms with Crippen molar-refractivity contribution in [2.75, 3.05) is 26.8 Å². The SMILES string of the molecule is COCC1(C(=O)O)CCN(C(=O)c2cn(C)nc2-c2ccc([N+](=O)[O-])cc2)C1. The maximum Gasteiger partial charge on any atom is 0.313 e. The number of aliphatic carboxylic acids is 1. The molecule has 0 spiro atoms. The quantitative estimate of drug-likeness (QED) is 0.587. The summed E-state index contributed by atoms with van der Waals surface area (Å²) in [4.78, 5) is 36.6. The molecule has 1 aromatic heterocycles. The Hall–Kier alpha value is -3.27. The largest absolute Gasteiger partial charge is 0.481 e. The first kappa shape index (κ1) is 19.5. The molecule has 10 heteroatoms. The lowest BCUT2D eigenvalue weighted by atomic mass is 9.88. The highest BCUT2D eigenvalue weighted by Gasteiger charge is 2.47. The van der Waals surface area contributed by atoms with E-state index in [-0.39, 0.29) is 24.7 Å². The van der Waals surface area contributed by atoms with Crippen molar-refractivity contribution in [2.45, 2.75) is 6.42 Å². The summed E-state index contributed by atoms with van der Waals surface area (Å²) in [7, 11) is 3.10. The average molecular weight is 388 g/mol. The second kappa shape index (κ2) is 7.39. The molecule has 0 aliphatic carbocycles. The number of carbonyl (C=O) groups excluding carboxylic acids is 1. The highest BCUT2D eigenvalue weighted by Crippen LogP contribution is 2.33. The predicted octanol–water partition coefficient (Wildman–Crippen LogP) is 1.56. The number of aromatic nitrogens is 2. The number of carbonyl (C=O) groups is 2. The number of carboxylic acid groups (broad SMARTS) is 1. The maximum absolute atomic E-state index is 13.1. The third-order valence-electron chi connectivity index (χ3n) is 4.93. The normalized spacial score (nSPS) is 19.0. The molecule has 2 heterocycles. The number of methoxy groups -OCH3 is 1. The first-order valence-electron chi connectivity index (χ1n) is 8.57. The summed E-state index contributed by atoms with van der Waals surface area (Å²) >= 11 is 0. The van der Waals surface area contributed by atoms with Crippen LogP contribution in [0.25, 0.3) is 11.3 Å². The third-order valence-corrected chi connectivity index (χ3v) is 4.93. The highest BCUT2D eigenvalue weighted by molar-refractivity contribution is 6.00. The molecular formula is C18H20N4O6. The molecule has 148 valence electrons. The molecule has 1 unspecified atom stereocenters. The summed E-state index contributed by atoms with van der Waals surface area (Å²) < 4.78 is 6.55. The van der Waals surface area contributed by atoms with Crippen LogP contribution in [-0.4, -0.2) is 63.4 Å². The fourth-order valence-corrected chi connectivity index (χ4v) is 3.45. The summed E-state index contributed by atoms with van der Waals surface area (Å²) in [6, 6.07) is 5.77. The van der Waals surface area contributed by atoms with Crippen molar-refractivity contribution >= 4 is 17.6 Å². The van der Waals surface area contributed by atoms with Crippen LogP contribution < -0.4 is 0 Å². The Morgan fingerprint density at radius 1 is 1.36 bits per heavy atom. The van der Waals surface area contributed by atoms with E-state index in [0.717, 1.165) is 0 Å². The van der Waals surface area contributed by atoms with Crippen LogP contribution in [0, 0.1) is 15.5 Å². The Balaban J connectivity index is 1.89. The number of amides is 1. The molecule has 1 N–H and O–H groups in total. The van der Waals surface area contributed by atoms with Crippen molar-refractivity contribution in [3.63, 3.8) is 0 Å². The minimum atomic E-state index is -1.12. The Morgan fingerprint density at radius 2 is 2.04 bits per heavy atom. The van der Waals surface area contributed by atoms with Gasteiger partial charge in [-0.1, -0.05) is 0 Å². The molecule has 1 fully saturated rings. The van der Waals surface area contributed by atoms with Crippen molar-refractivity contribution in [1.29, 1.82) is 0 Å². The maximum atomic E-state index is 13.1. The lowest BCUT2D eigenvalue weighted by Gasteiger charge is -2.23. The van der Waals surface area contributed by atoms with Crippen LogP contribution in [0.15, 0.2) is 30.5 Å². The minimum Gasteiger partial charge on any atom is -0.481 e. The van der Waals surface area contributed by atoms with Gasteiger partial charge < -0.3 is 14.7 Å². The molecule has 2 aromatic rings. The molecule has 0 saturated carbocycles. The summed E-state index contributed by atoms with van der Waals surface area (Å²) in [5.74, 6) is -1.33. The summed E-state index contributed by atoms with van der Waals surface area (Å²) in [6.07, 6.45) is 1.87. The van der Waals surface area contributed by atoms with E-state index in [0.29, 0.717) is 29.8 Å². The standard InChI is InChI=1S/C18H20N4O6/c1-20-9-14(15(19-20)12-3-5-13(6-4-12)22(26)27)16(23)21-8-7-18(10-21,11-28-2)17(24)25/h3-6,9H,7-8,10-11H2,1-2H3,(H,24,25). The van der Waals surface area contributed by atoms with Crippen LogP contribution in [0.1, 0.15) is 16.8 Å². The van der Waals surface area contributed by atoms with Gasteiger partial charge in [0.2, 0.25) is 0 Å². The van der Waals surface area contributed by atoms with Crippen LogP contribution in [0.3, 0.4) is 0 Å². The molecule has 0 radical (unpaired) electrons. The van der Waals surface area contributed by atoms with Gasteiger partial charge in [0.25, 0.3) is 11.6 Å². The number of benzene rings is 1. The Labute approximate surface area is 160 Å². The number of ether oxygens (including phenoxy) is 1. The van der Waals surface area contributed by atoms with Crippen molar-refractivity contribution in [3.8, 4) is 11.3 Å². The van der Waals surface area contributed by atoms with Crippen LogP contribution in [0.2, 0.25) is 0 Å². The zero-order valence-electron chi connectivity index (χ0n) is 15.5. The molecular weight excluding hydrogens is 368 g/mol. The topological polar surface area (TPSA) is 128 Å². The summed E-state index contributed by atoms with van der Waals surface area (Å²) in [6.45, 7) is 0.362. The molecule has 1 aromatic carbocycles. The smallest absolute Gasteiger partial charge is 0.313 e. The fourth-order valence-electron chi connectivity index (χ4n) is 3.45. The van der Waals surface area contributed by atoms with Gasteiger partial charge >= 0.3 is 5.97 Å². The molecule has 1 aliphatic heterocycles. The van der Waals surface area contributed by atoms with Crippen LogP contribution in [0.4, 0.5) is 5.69 Å². The minimum absolute atomic E-state index is 0.0222. The van der Waals surface area contributed by atoms with E-state index in [1.54, 1.807) is 13.2 Å². The van der Waals surface area contributed by atoms with Crippen LogP contribution in [-0.2, 0) is 16.6 Å². The number of nitro benzene ring substituents is 1. The lowest BCUT2D eigenvalue weighted by Crippen LogP contribution is -2.40. The van der Waals surface area contributed by atoms with Crippen molar-refractivity contribution in [1.82, 2.24) is 14.7 Å². The van der Waals surface area contributed by atoms with Crippen molar-refractivity contribution < 1.29 is 24.4 Å². The number of rotatable bonds is 6. The number of hydrogen-bond donors (Lipinski definition) is 1. The van der Waals surface area contributed by atoms with E-state index < -0.39 is 16.3 Å². The van der Waals surface area contributed by atoms with E-state index in [1.165, 1.54) is 41.0 Å². The van der Waals surface area contributed by atoms with Gasteiger partial charge in [0.1, 0.15) is 11.1 Å². The first-order valence-corrected chi connectivity index (χ1v) is 8.57. The Kier molecular flexibility index (Phi) is 5.14. The second-order valence-electron chi connectivity index (χ2n) is 6.86. The van der Waals surface area contributed by atoms with Gasteiger partial charge in [-0.3, -0.25) is 24.4 Å². The molecule has 10 nitrogen and oxygen atoms in total. The average Bonchev–Trinajstić information content (AvgIpc) is 3.26. The Bertz CT molecular complexity index is 923. The molecule has 1 saturated heterocycles. The van der Waals surface area contributed by atoms with Gasteiger partial charge in [-0.2, -0.15) is 5.10 Å². The zero-order chi connectivity index (χ0) is 20.5. The number of likely N-dealkylation sites (tertiary alicyclic amines) is 1. The number of non-ortho nitro benzene ring substituents is 1. The Morgan fingerprint density at radius 3 is 2.61 bits per heavy atom. The van der Waals surface area contributed by atoms with Gasteiger partial charge in [-0.25, -0.2) is 0 Å². The monoisotopic (exact) mass is 388 g/mol. The zero-order valence-corrected chi connectivity index (χ0v) is 15.5. The van der Waals surface area contributed by atoms with E-state index in [9.17, 15) is 24.8 Å². The van der Waals surface area contributed by atoms with E-state index >= 15 is 0 Å². The summed E-state index contributed by atoms with van der Waals surface area (Å²) in [5, 5.41) is 24.7. The molecule has 1 atom stereocenters. The number of nitrogens with zero attached hydrogens (tertiary/aromatic N) is 4. The number of nitro groups is 1. The molecule has 3 rings (SSSR count). The van der Waals surface area contributed by atoms with Gasteiger partial charge in [0.15, 0.2) is 0 Å². The predicted molar refractivity (Wildman–Crippen MR) is 97.8 cm³/mol. The first-order chi connectivity index (χ1) is 13.3.